The van der Waals surface area contributed by atoms with Gasteiger partial charge in [-0.1, -0.05) is 29.8 Å². The van der Waals surface area contributed by atoms with Crippen molar-refractivity contribution in [3.63, 3.8) is 0 Å². The molecule has 180 valence electrons. The van der Waals surface area contributed by atoms with E-state index in [4.69, 9.17) is 13.9 Å². The van der Waals surface area contributed by atoms with Crippen molar-refractivity contribution in [2.45, 2.75) is 33.5 Å². The van der Waals surface area contributed by atoms with Crippen molar-refractivity contribution in [2.75, 3.05) is 34.0 Å². The maximum atomic E-state index is 12.4. The van der Waals surface area contributed by atoms with Gasteiger partial charge in [0.1, 0.15) is 6.26 Å². The molecule has 8 heteroatoms. The molecule has 1 N–H and O–H groups in total. The maximum Gasteiger partial charge on any atom is 0.273 e. The molecule has 0 radical (unpaired) electrons. The maximum absolute atomic E-state index is 12.4. The number of ether oxygens (including phenoxy) is 2. The van der Waals surface area contributed by atoms with Crippen molar-refractivity contribution in [1.29, 1.82) is 0 Å². The minimum atomic E-state index is -0.228. The Kier molecular flexibility index (Phi) is 7.49. The van der Waals surface area contributed by atoms with E-state index in [1.165, 1.54) is 23.0 Å². The lowest BCUT2D eigenvalue weighted by atomic mass is 10.0. The zero-order valence-electron chi connectivity index (χ0n) is 20.3. The first-order valence-electron chi connectivity index (χ1n) is 11.4. The Hall–Kier alpha value is -3.36. The van der Waals surface area contributed by atoms with Gasteiger partial charge in [-0.3, -0.25) is 9.69 Å². The highest BCUT2D eigenvalue weighted by atomic mass is 16.7. The van der Waals surface area contributed by atoms with Crippen LogP contribution in [0.15, 0.2) is 47.1 Å². The number of rotatable bonds is 10. The van der Waals surface area contributed by atoms with E-state index in [1.807, 2.05) is 37.2 Å². The van der Waals surface area contributed by atoms with Crippen LogP contribution in [-0.4, -0.2) is 54.7 Å². The van der Waals surface area contributed by atoms with Crippen LogP contribution in [-0.2, 0) is 19.6 Å². The van der Waals surface area contributed by atoms with Crippen molar-refractivity contribution < 1.29 is 18.7 Å². The number of fused-ring (bicyclic) bond motifs is 1. The molecule has 34 heavy (non-hydrogen) atoms. The lowest BCUT2D eigenvalue weighted by Gasteiger charge is -2.22. The molecular weight excluding hydrogens is 432 g/mol. The quantitative estimate of drug-likeness (QED) is 0.492. The molecule has 1 amide bonds. The average Bonchev–Trinajstić information content (AvgIpc) is 3.45. The lowest BCUT2D eigenvalue weighted by Crippen LogP contribution is -2.31. The average molecular weight is 465 g/mol. The Balaban J connectivity index is 1.49. The zero-order chi connectivity index (χ0) is 24.1. The van der Waals surface area contributed by atoms with E-state index in [1.54, 1.807) is 0 Å². The van der Waals surface area contributed by atoms with Crippen molar-refractivity contribution in [3.05, 3.63) is 76.5 Å². The number of aryl methyl sites for hydroxylation is 2. The van der Waals surface area contributed by atoms with Crippen LogP contribution < -0.4 is 14.8 Å². The highest BCUT2D eigenvalue weighted by Crippen LogP contribution is 2.33. The van der Waals surface area contributed by atoms with Gasteiger partial charge in [-0.15, -0.1) is 0 Å². The summed E-state index contributed by atoms with van der Waals surface area (Å²) in [7, 11) is 3.93. The van der Waals surface area contributed by atoms with Crippen molar-refractivity contribution >= 4 is 5.91 Å². The molecule has 2 aromatic carbocycles. The predicted octanol–water partition coefficient (Wildman–Crippen LogP) is 3.51. The number of hydrogen-bond donors (Lipinski definition) is 1. The molecule has 4 rings (SSSR count). The molecule has 0 spiro atoms. The molecule has 0 bridgehead atoms. The molecule has 3 aromatic rings. The predicted molar refractivity (Wildman–Crippen MR) is 129 cm³/mol. The lowest BCUT2D eigenvalue weighted by molar-refractivity contribution is 0.0946. The van der Waals surface area contributed by atoms with Crippen molar-refractivity contribution in [2.24, 2.45) is 0 Å². The van der Waals surface area contributed by atoms with Crippen molar-refractivity contribution in [3.8, 4) is 11.5 Å². The molecule has 2 heterocycles. The molecule has 1 aliphatic heterocycles. The van der Waals surface area contributed by atoms with Gasteiger partial charge < -0.3 is 24.1 Å². The van der Waals surface area contributed by atoms with Gasteiger partial charge in [0, 0.05) is 26.2 Å². The summed E-state index contributed by atoms with van der Waals surface area (Å²) in [5.74, 6) is 1.80. The number of amides is 1. The van der Waals surface area contributed by atoms with Gasteiger partial charge in [0.2, 0.25) is 12.7 Å². The molecule has 0 atom stereocenters. The Morgan fingerprint density at radius 3 is 2.68 bits per heavy atom. The molecule has 0 fully saturated rings. The number of hydrogen-bond acceptors (Lipinski definition) is 7. The number of nitrogens with zero attached hydrogens (tertiary/aromatic N) is 3. The Labute approximate surface area is 200 Å². The molecule has 1 aromatic heterocycles. The number of carbonyl (C=O) groups excluding carboxylic acids is 1. The van der Waals surface area contributed by atoms with Gasteiger partial charge in [0.15, 0.2) is 17.2 Å². The molecule has 0 aliphatic carbocycles. The van der Waals surface area contributed by atoms with E-state index in [0.29, 0.717) is 37.8 Å². The van der Waals surface area contributed by atoms with Crippen LogP contribution >= 0.6 is 0 Å². The van der Waals surface area contributed by atoms with E-state index in [-0.39, 0.29) is 12.7 Å². The number of oxazole rings is 1. The summed E-state index contributed by atoms with van der Waals surface area (Å²) in [5.41, 5.74) is 5.09. The summed E-state index contributed by atoms with van der Waals surface area (Å²) in [6.07, 6.45) is 1.43. The number of carbonyl (C=O) groups is 1. The van der Waals surface area contributed by atoms with Crippen LogP contribution in [0.2, 0.25) is 0 Å². The molecule has 0 unspecified atom stereocenters. The fourth-order valence-electron chi connectivity index (χ4n) is 3.84. The van der Waals surface area contributed by atoms with Crippen LogP contribution in [0, 0.1) is 13.8 Å². The van der Waals surface area contributed by atoms with E-state index < -0.39 is 0 Å². The summed E-state index contributed by atoms with van der Waals surface area (Å²) in [5, 5.41) is 2.87. The normalized spacial score (nSPS) is 12.5. The standard InChI is InChI=1S/C26H32N4O4/c1-18-5-6-19(2)21(11-18)14-30(13-20-7-8-23-24(12-20)34-17-33-23)15-25-28-22(16-32-25)26(31)27-9-10-29(3)4/h5-8,11-12,16H,9-10,13-15,17H2,1-4H3,(H,27,31). The van der Waals surface area contributed by atoms with Crippen LogP contribution in [0.3, 0.4) is 0 Å². The van der Waals surface area contributed by atoms with Crippen LogP contribution in [0.5, 0.6) is 11.5 Å². The van der Waals surface area contributed by atoms with Crippen LogP contribution in [0.1, 0.15) is 38.6 Å². The first-order valence-corrected chi connectivity index (χ1v) is 11.4. The molecule has 0 saturated carbocycles. The summed E-state index contributed by atoms with van der Waals surface area (Å²) in [6, 6.07) is 12.5. The molecular formula is C26H32N4O4. The molecule has 0 saturated heterocycles. The summed E-state index contributed by atoms with van der Waals surface area (Å²) in [6.45, 7) is 7.63. The second kappa shape index (κ2) is 10.7. The van der Waals surface area contributed by atoms with E-state index in [9.17, 15) is 4.79 Å². The first kappa shape index (κ1) is 23.8. The minimum absolute atomic E-state index is 0.228. The van der Waals surface area contributed by atoms with E-state index in [2.05, 4.69) is 47.2 Å². The van der Waals surface area contributed by atoms with Gasteiger partial charge in [0.25, 0.3) is 5.91 Å². The summed E-state index contributed by atoms with van der Waals surface area (Å²) in [4.78, 5) is 21.1. The van der Waals surface area contributed by atoms with Gasteiger partial charge in [-0.2, -0.15) is 0 Å². The third-order valence-corrected chi connectivity index (χ3v) is 5.73. The number of likely N-dealkylation sites (N-methyl/N-ethyl adjacent to an activating group) is 1. The zero-order valence-corrected chi connectivity index (χ0v) is 20.3. The SMILES string of the molecule is Cc1ccc(C)c(CN(Cc2ccc3c(c2)OCO3)Cc2nc(C(=O)NCCN(C)C)co2)c1. The fourth-order valence-corrected chi connectivity index (χ4v) is 3.84. The second-order valence-electron chi connectivity index (χ2n) is 8.95. The minimum Gasteiger partial charge on any atom is -0.454 e. The molecule has 1 aliphatic rings. The van der Waals surface area contributed by atoms with Gasteiger partial charge in [-0.05, 0) is 56.8 Å². The van der Waals surface area contributed by atoms with Gasteiger partial charge in [-0.25, -0.2) is 4.98 Å². The van der Waals surface area contributed by atoms with Gasteiger partial charge >= 0.3 is 0 Å². The van der Waals surface area contributed by atoms with Crippen LogP contribution in [0.4, 0.5) is 0 Å². The topological polar surface area (TPSA) is 80.1 Å². The largest absolute Gasteiger partial charge is 0.454 e. The van der Waals surface area contributed by atoms with Crippen molar-refractivity contribution in [1.82, 2.24) is 20.1 Å². The van der Waals surface area contributed by atoms with Gasteiger partial charge in [0.05, 0.1) is 6.54 Å². The number of aromatic nitrogens is 1. The van der Waals surface area contributed by atoms with E-state index >= 15 is 0 Å². The highest BCUT2D eigenvalue weighted by Gasteiger charge is 2.18. The fraction of sp³-hybridized carbons (Fsp3) is 0.385. The smallest absolute Gasteiger partial charge is 0.273 e. The number of nitrogens with one attached hydrogen (secondary N) is 1. The first-order chi connectivity index (χ1) is 16.4. The highest BCUT2D eigenvalue weighted by molar-refractivity contribution is 5.91. The number of benzene rings is 2. The van der Waals surface area contributed by atoms with E-state index in [0.717, 1.165) is 23.6 Å². The third kappa shape index (κ3) is 6.15. The monoisotopic (exact) mass is 464 g/mol. The molecule has 8 nitrogen and oxygen atoms in total. The third-order valence-electron chi connectivity index (χ3n) is 5.73. The Bertz CT molecular complexity index is 1140. The second-order valence-corrected chi connectivity index (χ2v) is 8.95. The summed E-state index contributed by atoms with van der Waals surface area (Å²) >= 11 is 0. The summed E-state index contributed by atoms with van der Waals surface area (Å²) < 4.78 is 16.7. The Morgan fingerprint density at radius 2 is 1.85 bits per heavy atom. The Morgan fingerprint density at radius 1 is 1.03 bits per heavy atom. The van der Waals surface area contributed by atoms with Crippen LogP contribution in [0.25, 0.3) is 0 Å².